The first-order valence-corrected chi connectivity index (χ1v) is 5.66. The van der Waals surface area contributed by atoms with Crippen LogP contribution >= 0.6 is 11.6 Å². The van der Waals surface area contributed by atoms with E-state index in [1.807, 2.05) is 0 Å². The van der Waals surface area contributed by atoms with E-state index in [1.165, 1.54) is 6.07 Å². The van der Waals surface area contributed by atoms with Gasteiger partial charge in [0.2, 0.25) is 0 Å². The maximum absolute atomic E-state index is 13.7. The van der Waals surface area contributed by atoms with E-state index in [1.54, 1.807) is 31.2 Å². The molecule has 2 aromatic rings. The van der Waals surface area contributed by atoms with Crippen LogP contribution in [0, 0.1) is 12.7 Å². The fourth-order valence-corrected chi connectivity index (χ4v) is 1.86. The maximum atomic E-state index is 13.7. The number of hydrogen-bond acceptors (Lipinski definition) is 1. The molecule has 2 nitrogen and oxygen atoms in total. The molecule has 0 saturated carbocycles. The van der Waals surface area contributed by atoms with Crippen molar-refractivity contribution in [1.82, 2.24) is 0 Å². The third-order valence-electron chi connectivity index (χ3n) is 2.75. The van der Waals surface area contributed by atoms with Crippen molar-refractivity contribution in [1.29, 1.82) is 0 Å². The van der Waals surface area contributed by atoms with Crippen LogP contribution in [-0.2, 0) is 0 Å². The molecule has 0 atom stereocenters. The van der Waals surface area contributed by atoms with Crippen molar-refractivity contribution in [2.24, 2.45) is 0 Å². The summed E-state index contributed by atoms with van der Waals surface area (Å²) < 4.78 is 13.7. The lowest BCUT2D eigenvalue weighted by molar-refractivity contribution is 0.0696. The van der Waals surface area contributed by atoms with Gasteiger partial charge in [0.05, 0.1) is 5.56 Å². The van der Waals surface area contributed by atoms with E-state index < -0.39 is 11.8 Å². The van der Waals surface area contributed by atoms with Gasteiger partial charge in [-0.3, -0.25) is 0 Å². The Hall–Kier alpha value is -1.87. The minimum atomic E-state index is -1.15. The zero-order chi connectivity index (χ0) is 13.3. The summed E-state index contributed by atoms with van der Waals surface area (Å²) in [6, 6.07) is 9.32. The lowest BCUT2D eigenvalue weighted by Crippen LogP contribution is -2.00. The zero-order valence-electron chi connectivity index (χ0n) is 9.58. The quantitative estimate of drug-likeness (QED) is 0.885. The van der Waals surface area contributed by atoms with Crippen LogP contribution in [-0.4, -0.2) is 11.1 Å². The SMILES string of the molecule is Cc1c(F)cc(C(=O)O)cc1-c1ccc(Cl)cc1. The third-order valence-corrected chi connectivity index (χ3v) is 3.00. The summed E-state index contributed by atoms with van der Waals surface area (Å²) in [6.45, 7) is 1.62. The molecule has 4 heteroatoms. The van der Waals surface area contributed by atoms with Gasteiger partial charge in [-0.1, -0.05) is 23.7 Å². The summed E-state index contributed by atoms with van der Waals surface area (Å²) in [5, 5.41) is 9.50. The van der Waals surface area contributed by atoms with Gasteiger partial charge in [0.1, 0.15) is 5.82 Å². The molecule has 0 bridgehead atoms. The minimum Gasteiger partial charge on any atom is -0.478 e. The van der Waals surface area contributed by atoms with Crippen molar-refractivity contribution >= 4 is 17.6 Å². The molecule has 92 valence electrons. The molecule has 0 aliphatic heterocycles. The molecular weight excluding hydrogens is 255 g/mol. The summed E-state index contributed by atoms with van der Waals surface area (Å²) in [4.78, 5) is 10.9. The topological polar surface area (TPSA) is 37.3 Å². The van der Waals surface area contributed by atoms with Crippen LogP contribution in [0.3, 0.4) is 0 Å². The second-order valence-corrected chi connectivity index (χ2v) is 4.38. The standard InChI is InChI=1S/C14H10ClFO2/c1-8-12(9-2-4-11(15)5-3-9)6-10(14(17)18)7-13(8)16/h2-7H,1H3,(H,17,18). The van der Waals surface area contributed by atoms with E-state index in [9.17, 15) is 9.18 Å². The number of carboxylic acids is 1. The summed E-state index contributed by atoms with van der Waals surface area (Å²) in [5.74, 6) is -1.68. The van der Waals surface area contributed by atoms with E-state index in [0.717, 1.165) is 11.6 Å². The molecule has 2 rings (SSSR count). The van der Waals surface area contributed by atoms with Gasteiger partial charge in [-0.25, -0.2) is 9.18 Å². The molecule has 1 N–H and O–H groups in total. The number of aromatic carboxylic acids is 1. The number of halogens is 2. The second kappa shape index (κ2) is 4.78. The molecule has 0 unspecified atom stereocenters. The Bertz CT molecular complexity index is 606. The highest BCUT2D eigenvalue weighted by molar-refractivity contribution is 6.30. The third kappa shape index (κ3) is 2.36. The lowest BCUT2D eigenvalue weighted by atomic mass is 9.97. The van der Waals surface area contributed by atoms with Gasteiger partial charge in [-0.2, -0.15) is 0 Å². The first kappa shape index (κ1) is 12.6. The van der Waals surface area contributed by atoms with Crippen molar-refractivity contribution in [3.63, 3.8) is 0 Å². The highest BCUT2D eigenvalue weighted by Gasteiger charge is 2.12. The molecule has 0 saturated heterocycles. The largest absolute Gasteiger partial charge is 0.478 e. The minimum absolute atomic E-state index is 0.0666. The van der Waals surface area contributed by atoms with Crippen molar-refractivity contribution in [3.8, 4) is 11.1 Å². The molecule has 0 amide bonds. The van der Waals surface area contributed by atoms with Crippen molar-refractivity contribution in [2.45, 2.75) is 6.92 Å². The number of carbonyl (C=O) groups is 1. The molecule has 0 heterocycles. The zero-order valence-corrected chi connectivity index (χ0v) is 10.3. The van der Waals surface area contributed by atoms with Crippen LogP contribution in [0.4, 0.5) is 4.39 Å². The molecule has 0 radical (unpaired) electrons. The number of benzene rings is 2. The van der Waals surface area contributed by atoms with Gasteiger partial charge in [0.25, 0.3) is 0 Å². The maximum Gasteiger partial charge on any atom is 0.335 e. The van der Waals surface area contributed by atoms with Crippen molar-refractivity contribution < 1.29 is 14.3 Å². The fourth-order valence-electron chi connectivity index (χ4n) is 1.73. The molecule has 0 aliphatic carbocycles. The molecule has 0 spiro atoms. The van der Waals surface area contributed by atoms with Gasteiger partial charge >= 0.3 is 5.97 Å². The van der Waals surface area contributed by atoms with Crippen LogP contribution in [0.1, 0.15) is 15.9 Å². The van der Waals surface area contributed by atoms with Gasteiger partial charge in [0.15, 0.2) is 0 Å². The Kier molecular flexibility index (Phi) is 3.34. The van der Waals surface area contributed by atoms with E-state index in [2.05, 4.69) is 0 Å². The molecule has 0 aliphatic rings. The van der Waals surface area contributed by atoms with E-state index in [-0.39, 0.29) is 5.56 Å². The van der Waals surface area contributed by atoms with Crippen LogP contribution in [0.25, 0.3) is 11.1 Å². The van der Waals surface area contributed by atoms with Gasteiger partial charge in [0, 0.05) is 5.02 Å². The first-order valence-electron chi connectivity index (χ1n) is 5.28. The Balaban J connectivity index is 2.62. The second-order valence-electron chi connectivity index (χ2n) is 3.94. The summed E-state index contributed by atoms with van der Waals surface area (Å²) in [6.07, 6.45) is 0. The molecular formula is C14H10ClFO2. The average molecular weight is 265 g/mol. The lowest BCUT2D eigenvalue weighted by Gasteiger charge is -2.09. The van der Waals surface area contributed by atoms with Crippen LogP contribution in [0.2, 0.25) is 5.02 Å². The molecule has 0 fully saturated rings. The van der Waals surface area contributed by atoms with E-state index >= 15 is 0 Å². The number of carboxylic acid groups (broad SMARTS) is 1. The summed E-state index contributed by atoms with van der Waals surface area (Å²) in [7, 11) is 0. The Labute approximate surface area is 109 Å². The number of rotatable bonds is 2. The van der Waals surface area contributed by atoms with Crippen LogP contribution < -0.4 is 0 Å². The van der Waals surface area contributed by atoms with Gasteiger partial charge in [-0.15, -0.1) is 0 Å². The van der Waals surface area contributed by atoms with Crippen LogP contribution in [0.5, 0.6) is 0 Å². The van der Waals surface area contributed by atoms with Gasteiger partial charge < -0.3 is 5.11 Å². The van der Waals surface area contributed by atoms with Gasteiger partial charge in [-0.05, 0) is 47.9 Å². The Morgan fingerprint density at radius 3 is 2.39 bits per heavy atom. The Morgan fingerprint density at radius 2 is 1.83 bits per heavy atom. The Morgan fingerprint density at radius 1 is 1.22 bits per heavy atom. The summed E-state index contributed by atoms with van der Waals surface area (Å²) in [5.41, 5.74) is 1.65. The van der Waals surface area contributed by atoms with Crippen molar-refractivity contribution in [2.75, 3.05) is 0 Å². The van der Waals surface area contributed by atoms with Crippen LogP contribution in [0.15, 0.2) is 36.4 Å². The normalized spacial score (nSPS) is 10.4. The monoisotopic (exact) mass is 264 g/mol. The smallest absolute Gasteiger partial charge is 0.335 e. The van der Waals surface area contributed by atoms with E-state index in [0.29, 0.717) is 16.1 Å². The predicted molar refractivity (Wildman–Crippen MR) is 68.5 cm³/mol. The molecule has 0 aromatic heterocycles. The fraction of sp³-hybridized carbons (Fsp3) is 0.0714. The average Bonchev–Trinajstić information content (AvgIpc) is 2.33. The molecule has 18 heavy (non-hydrogen) atoms. The highest BCUT2D eigenvalue weighted by Crippen LogP contribution is 2.28. The number of hydrogen-bond donors (Lipinski definition) is 1. The van der Waals surface area contributed by atoms with E-state index in [4.69, 9.17) is 16.7 Å². The predicted octanol–water partition coefficient (Wildman–Crippen LogP) is 4.15. The highest BCUT2D eigenvalue weighted by atomic mass is 35.5. The van der Waals surface area contributed by atoms with Crippen molar-refractivity contribution in [3.05, 3.63) is 58.4 Å². The first-order chi connectivity index (χ1) is 8.49. The summed E-state index contributed by atoms with van der Waals surface area (Å²) >= 11 is 5.78. The molecule has 2 aromatic carbocycles.